The van der Waals surface area contributed by atoms with Crippen molar-refractivity contribution in [3.63, 3.8) is 0 Å². The van der Waals surface area contributed by atoms with Gasteiger partial charge in [-0.05, 0) is 59.6 Å². The monoisotopic (exact) mass is 310 g/mol. The molecule has 0 saturated carbocycles. The number of thiophene rings is 1. The van der Waals surface area contributed by atoms with Crippen LogP contribution in [0.1, 0.15) is 16.7 Å². The van der Waals surface area contributed by atoms with E-state index in [1.165, 1.54) is 0 Å². The van der Waals surface area contributed by atoms with E-state index in [1.807, 2.05) is 36.9 Å². The summed E-state index contributed by atoms with van der Waals surface area (Å²) in [6, 6.07) is 7.12. The zero-order valence-electron chi connectivity index (χ0n) is 11.5. The van der Waals surface area contributed by atoms with Crippen molar-refractivity contribution in [1.82, 2.24) is 10.0 Å². The lowest BCUT2D eigenvalue weighted by atomic mass is 10.1. The lowest BCUT2D eigenvalue weighted by Gasteiger charge is -2.10. The van der Waals surface area contributed by atoms with Crippen LogP contribution in [-0.2, 0) is 23.1 Å². The number of aryl methyl sites for hydroxylation is 1. The minimum Gasteiger partial charge on any atom is -0.316 e. The summed E-state index contributed by atoms with van der Waals surface area (Å²) in [5.74, 6) is 0. The topological polar surface area (TPSA) is 58.2 Å². The first-order valence-electron chi connectivity index (χ1n) is 6.28. The summed E-state index contributed by atoms with van der Waals surface area (Å²) in [7, 11) is -1.62. The van der Waals surface area contributed by atoms with Crippen LogP contribution in [0.25, 0.3) is 0 Å². The predicted molar refractivity (Wildman–Crippen MR) is 82.3 cm³/mol. The van der Waals surface area contributed by atoms with Gasteiger partial charge in [-0.25, -0.2) is 13.1 Å². The van der Waals surface area contributed by atoms with Crippen LogP contribution < -0.4 is 10.0 Å². The molecule has 0 fully saturated rings. The molecule has 1 heterocycles. The molecule has 20 heavy (non-hydrogen) atoms. The van der Waals surface area contributed by atoms with Crippen LogP contribution in [0.15, 0.2) is 39.9 Å². The van der Waals surface area contributed by atoms with Crippen molar-refractivity contribution in [2.75, 3.05) is 7.05 Å². The molecule has 0 saturated heterocycles. The van der Waals surface area contributed by atoms with Gasteiger partial charge in [-0.3, -0.25) is 0 Å². The molecule has 0 atom stereocenters. The van der Waals surface area contributed by atoms with Crippen LogP contribution in [0, 0.1) is 6.92 Å². The van der Waals surface area contributed by atoms with Crippen molar-refractivity contribution in [2.24, 2.45) is 0 Å². The Balaban J connectivity index is 2.18. The molecule has 0 aliphatic rings. The molecule has 0 aliphatic carbocycles. The summed E-state index contributed by atoms with van der Waals surface area (Å²) < 4.78 is 27.2. The summed E-state index contributed by atoms with van der Waals surface area (Å²) in [6.45, 7) is 2.95. The smallest absolute Gasteiger partial charge is 0.240 e. The second-order valence-electron chi connectivity index (χ2n) is 4.57. The van der Waals surface area contributed by atoms with Gasteiger partial charge in [-0.2, -0.15) is 11.3 Å². The highest BCUT2D eigenvalue weighted by Crippen LogP contribution is 2.16. The van der Waals surface area contributed by atoms with Crippen LogP contribution in [0.5, 0.6) is 0 Å². The summed E-state index contributed by atoms with van der Waals surface area (Å²) in [6.07, 6.45) is 0. The Bertz CT molecular complexity index is 664. The van der Waals surface area contributed by atoms with E-state index in [0.717, 1.165) is 16.7 Å². The fourth-order valence-corrected chi connectivity index (χ4v) is 3.59. The van der Waals surface area contributed by atoms with E-state index in [-0.39, 0.29) is 0 Å². The van der Waals surface area contributed by atoms with Crippen LogP contribution >= 0.6 is 11.3 Å². The van der Waals surface area contributed by atoms with Crippen molar-refractivity contribution in [1.29, 1.82) is 0 Å². The van der Waals surface area contributed by atoms with Gasteiger partial charge in [0.05, 0.1) is 4.90 Å². The molecule has 1 aromatic heterocycles. The van der Waals surface area contributed by atoms with Gasteiger partial charge in [0.2, 0.25) is 10.0 Å². The third-order valence-corrected chi connectivity index (χ3v) is 5.18. The molecule has 4 nitrogen and oxygen atoms in total. The van der Waals surface area contributed by atoms with E-state index in [9.17, 15) is 8.42 Å². The van der Waals surface area contributed by atoms with E-state index in [2.05, 4.69) is 10.0 Å². The van der Waals surface area contributed by atoms with Gasteiger partial charge in [-0.15, -0.1) is 0 Å². The first-order valence-corrected chi connectivity index (χ1v) is 8.70. The summed E-state index contributed by atoms with van der Waals surface area (Å²) in [4.78, 5) is 0.309. The summed E-state index contributed by atoms with van der Waals surface area (Å²) in [5.41, 5.74) is 3.04. The molecule has 0 bridgehead atoms. The summed E-state index contributed by atoms with van der Waals surface area (Å²) in [5, 5.41) is 6.91. The van der Waals surface area contributed by atoms with Gasteiger partial charge in [0.25, 0.3) is 0 Å². The number of sulfonamides is 1. The molecule has 0 amide bonds. The third kappa shape index (κ3) is 3.67. The average molecular weight is 310 g/mol. The van der Waals surface area contributed by atoms with E-state index >= 15 is 0 Å². The summed E-state index contributed by atoms with van der Waals surface area (Å²) >= 11 is 1.55. The van der Waals surface area contributed by atoms with Crippen molar-refractivity contribution in [2.45, 2.75) is 24.9 Å². The van der Waals surface area contributed by atoms with E-state index < -0.39 is 10.0 Å². The standard InChI is InChI=1S/C14H18N2O2S2/c1-11-3-4-14(7-13(11)9-15-2)20(17,18)16-8-12-5-6-19-10-12/h3-7,10,15-16H,8-9H2,1-2H3. The molecule has 0 spiro atoms. The van der Waals surface area contributed by atoms with Crippen molar-refractivity contribution in [3.05, 3.63) is 51.7 Å². The molecular formula is C14H18N2O2S2. The molecule has 2 rings (SSSR count). The highest BCUT2D eigenvalue weighted by atomic mass is 32.2. The zero-order chi connectivity index (χ0) is 14.6. The van der Waals surface area contributed by atoms with Crippen molar-refractivity contribution >= 4 is 21.4 Å². The van der Waals surface area contributed by atoms with Crippen LogP contribution in [0.3, 0.4) is 0 Å². The van der Waals surface area contributed by atoms with Gasteiger partial charge in [0.1, 0.15) is 0 Å². The van der Waals surface area contributed by atoms with Crippen LogP contribution in [0.2, 0.25) is 0 Å². The minimum absolute atomic E-state index is 0.309. The number of hydrogen-bond acceptors (Lipinski definition) is 4. The van der Waals surface area contributed by atoms with Crippen LogP contribution in [-0.4, -0.2) is 15.5 Å². The molecule has 2 N–H and O–H groups in total. The number of hydrogen-bond donors (Lipinski definition) is 2. The maximum absolute atomic E-state index is 12.3. The van der Waals surface area contributed by atoms with Gasteiger partial charge >= 0.3 is 0 Å². The highest BCUT2D eigenvalue weighted by Gasteiger charge is 2.15. The molecule has 1 aromatic carbocycles. The minimum atomic E-state index is -3.47. The highest BCUT2D eigenvalue weighted by molar-refractivity contribution is 7.89. The van der Waals surface area contributed by atoms with Gasteiger partial charge in [-0.1, -0.05) is 6.07 Å². The van der Waals surface area contributed by atoms with Crippen LogP contribution in [0.4, 0.5) is 0 Å². The van der Waals surface area contributed by atoms with Gasteiger partial charge in [0.15, 0.2) is 0 Å². The maximum atomic E-state index is 12.3. The fraction of sp³-hybridized carbons (Fsp3) is 0.286. The second kappa shape index (κ2) is 6.49. The third-order valence-electron chi connectivity index (χ3n) is 3.04. The lowest BCUT2D eigenvalue weighted by molar-refractivity contribution is 0.581. The molecule has 0 radical (unpaired) electrons. The van der Waals surface area contributed by atoms with Gasteiger partial charge in [0, 0.05) is 13.1 Å². The predicted octanol–water partition coefficient (Wildman–Crippen LogP) is 2.25. The van der Waals surface area contributed by atoms with Crippen molar-refractivity contribution < 1.29 is 8.42 Å². The maximum Gasteiger partial charge on any atom is 0.240 e. The second-order valence-corrected chi connectivity index (χ2v) is 7.12. The molecule has 6 heteroatoms. The van der Waals surface area contributed by atoms with E-state index in [4.69, 9.17) is 0 Å². The first-order chi connectivity index (χ1) is 9.53. The normalized spacial score (nSPS) is 11.7. The number of nitrogens with one attached hydrogen (secondary N) is 2. The Hall–Kier alpha value is -1.21. The fourth-order valence-electron chi connectivity index (χ4n) is 1.85. The Morgan fingerprint density at radius 1 is 1.20 bits per heavy atom. The zero-order valence-corrected chi connectivity index (χ0v) is 13.1. The molecule has 0 unspecified atom stereocenters. The van der Waals surface area contributed by atoms with Crippen molar-refractivity contribution in [3.8, 4) is 0 Å². The molecule has 2 aromatic rings. The molecule has 108 valence electrons. The number of benzene rings is 1. The SMILES string of the molecule is CNCc1cc(S(=O)(=O)NCc2ccsc2)ccc1C. The Morgan fingerprint density at radius 2 is 2.00 bits per heavy atom. The van der Waals surface area contributed by atoms with Gasteiger partial charge < -0.3 is 5.32 Å². The average Bonchev–Trinajstić information content (AvgIpc) is 2.92. The molecular weight excluding hydrogens is 292 g/mol. The first kappa shape index (κ1) is 15.2. The lowest BCUT2D eigenvalue weighted by Crippen LogP contribution is -2.23. The molecule has 0 aliphatic heterocycles. The quantitative estimate of drug-likeness (QED) is 0.860. The largest absolute Gasteiger partial charge is 0.316 e. The van der Waals surface area contributed by atoms with E-state index in [1.54, 1.807) is 23.5 Å². The Labute approximate surface area is 123 Å². The number of rotatable bonds is 6. The Morgan fingerprint density at radius 3 is 2.65 bits per heavy atom. The Kier molecular flexibility index (Phi) is 4.93. The van der Waals surface area contributed by atoms with E-state index in [0.29, 0.717) is 18.0 Å².